The SMILES string of the molecule is CC1CCC(CNCc2nn(C)c3ccccc23)CC1. The molecule has 1 aromatic heterocycles. The van der Waals surface area contributed by atoms with Gasteiger partial charge in [-0.3, -0.25) is 4.68 Å². The van der Waals surface area contributed by atoms with Crippen LogP contribution in [-0.2, 0) is 13.6 Å². The number of aryl methyl sites for hydroxylation is 1. The Morgan fingerprint density at radius 3 is 2.75 bits per heavy atom. The normalized spacial score (nSPS) is 23.3. The zero-order valence-electron chi connectivity index (χ0n) is 12.6. The number of rotatable bonds is 4. The van der Waals surface area contributed by atoms with E-state index in [-0.39, 0.29) is 0 Å². The fourth-order valence-electron chi connectivity index (χ4n) is 3.35. The van der Waals surface area contributed by atoms with Gasteiger partial charge in [-0.1, -0.05) is 38.0 Å². The van der Waals surface area contributed by atoms with E-state index in [0.29, 0.717) is 0 Å². The van der Waals surface area contributed by atoms with E-state index in [4.69, 9.17) is 0 Å². The molecule has 0 amide bonds. The van der Waals surface area contributed by atoms with Crippen LogP contribution >= 0.6 is 0 Å². The average Bonchev–Trinajstić information content (AvgIpc) is 2.79. The maximum atomic E-state index is 4.64. The maximum Gasteiger partial charge on any atom is 0.0841 e. The summed E-state index contributed by atoms with van der Waals surface area (Å²) in [5.41, 5.74) is 2.39. The quantitative estimate of drug-likeness (QED) is 0.922. The summed E-state index contributed by atoms with van der Waals surface area (Å²) >= 11 is 0. The van der Waals surface area contributed by atoms with Crippen LogP contribution in [0.5, 0.6) is 0 Å². The Morgan fingerprint density at radius 1 is 1.20 bits per heavy atom. The van der Waals surface area contributed by atoms with E-state index in [2.05, 4.69) is 41.6 Å². The van der Waals surface area contributed by atoms with Crippen LogP contribution < -0.4 is 5.32 Å². The van der Waals surface area contributed by atoms with Crippen LogP contribution in [0.2, 0.25) is 0 Å². The van der Waals surface area contributed by atoms with E-state index in [1.807, 2.05) is 11.7 Å². The molecule has 0 spiro atoms. The van der Waals surface area contributed by atoms with Crippen molar-refractivity contribution in [2.75, 3.05) is 6.54 Å². The first kappa shape index (κ1) is 13.6. The van der Waals surface area contributed by atoms with Gasteiger partial charge in [0.15, 0.2) is 0 Å². The highest BCUT2D eigenvalue weighted by Gasteiger charge is 2.18. The van der Waals surface area contributed by atoms with Gasteiger partial charge in [-0.25, -0.2) is 0 Å². The molecule has 0 bridgehead atoms. The highest BCUT2D eigenvalue weighted by Crippen LogP contribution is 2.27. The minimum atomic E-state index is 0.862. The minimum absolute atomic E-state index is 0.862. The van der Waals surface area contributed by atoms with Gasteiger partial charge in [0.05, 0.1) is 11.2 Å². The molecule has 108 valence electrons. The standard InChI is InChI=1S/C17H25N3/c1-13-7-9-14(10-8-13)11-18-12-16-15-5-3-4-6-17(15)20(2)19-16/h3-6,13-14,18H,7-12H2,1-2H3. The summed E-state index contributed by atoms with van der Waals surface area (Å²) in [6, 6.07) is 8.47. The average molecular weight is 271 g/mol. The molecule has 0 radical (unpaired) electrons. The topological polar surface area (TPSA) is 29.9 Å². The molecule has 1 N–H and O–H groups in total. The monoisotopic (exact) mass is 271 g/mol. The molecule has 0 aliphatic heterocycles. The Bertz CT molecular complexity index is 565. The second-order valence-electron chi connectivity index (χ2n) is 6.34. The number of nitrogens with zero attached hydrogens (tertiary/aromatic N) is 2. The van der Waals surface area contributed by atoms with Gasteiger partial charge in [0.25, 0.3) is 0 Å². The number of hydrogen-bond donors (Lipinski definition) is 1. The van der Waals surface area contributed by atoms with Crippen molar-refractivity contribution in [1.82, 2.24) is 15.1 Å². The van der Waals surface area contributed by atoms with E-state index in [1.165, 1.54) is 42.3 Å². The van der Waals surface area contributed by atoms with Crippen molar-refractivity contribution in [2.24, 2.45) is 18.9 Å². The molecule has 1 heterocycles. The molecule has 3 rings (SSSR count). The summed E-state index contributed by atoms with van der Waals surface area (Å²) in [5, 5.41) is 9.53. The summed E-state index contributed by atoms with van der Waals surface area (Å²) in [6.45, 7) is 4.40. The smallest absolute Gasteiger partial charge is 0.0841 e. The fraction of sp³-hybridized carbons (Fsp3) is 0.588. The summed E-state index contributed by atoms with van der Waals surface area (Å²) in [4.78, 5) is 0. The van der Waals surface area contributed by atoms with Gasteiger partial charge >= 0.3 is 0 Å². The number of benzene rings is 1. The Labute approximate surface area is 121 Å². The van der Waals surface area contributed by atoms with Gasteiger partial charge in [0, 0.05) is 19.0 Å². The minimum Gasteiger partial charge on any atom is -0.311 e. The number of aromatic nitrogens is 2. The first-order valence-electron chi connectivity index (χ1n) is 7.85. The molecule has 1 aliphatic rings. The van der Waals surface area contributed by atoms with Crippen LogP contribution in [0, 0.1) is 11.8 Å². The van der Waals surface area contributed by atoms with Gasteiger partial charge in [0.2, 0.25) is 0 Å². The molecule has 1 fully saturated rings. The number of fused-ring (bicyclic) bond motifs is 1. The molecular formula is C17H25N3. The predicted molar refractivity (Wildman–Crippen MR) is 83.5 cm³/mol. The van der Waals surface area contributed by atoms with Gasteiger partial charge in [0.1, 0.15) is 0 Å². The van der Waals surface area contributed by atoms with Crippen LogP contribution in [0.3, 0.4) is 0 Å². The largest absolute Gasteiger partial charge is 0.311 e. The summed E-state index contributed by atoms with van der Waals surface area (Å²) in [6.07, 6.45) is 5.58. The molecule has 0 atom stereocenters. The molecular weight excluding hydrogens is 246 g/mol. The summed E-state index contributed by atoms with van der Waals surface area (Å²) in [5.74, 6) is 1.80. The van der Waals surface area contributed by atoms with Crippen molar-refractivity contribution in [3.63, 3.8) is 0 Å². The number of nitrogens with one attached hydrogen (secondary N) is 1. The lowest BCUT2D eigenvalue weighted by Crippen LogP contribution is -2.26. The van der Waals surface area contributed by atoms with E-state index in [0.717, 1.165) is 24.9 Å². The molecule has 3 nitrogen and oxygen atoms in total. The second kappa shape index (κ2) is 5.96. The van der Waals surface area contributed by atoms with Crippen LogP contribution in [0.1, 0.15) is 38.3 Å². The summed E-state index contributed by atoms with van der Waals surface area (Å²) < 4.78 is 1.98. The Kier molecular flexibility index (Phi) is 4.06. The number of hydrogen-bond acceptors (Lipinski definition) is 2. The maximum absolute atomic E-state index is 4.64. The molecule has 0 saturated heterocycles. The first-order chi connectivity index (χ1) is 9.74. The van der Waals surface area contributed by atoms with Crippen LogP contribution in [0.15, 0.2) is 24.3 Å². The van der Waals surface area contributed by atoms with Gasteiger partial charge < -0.3 is 5.32 Å². The van der Waals surface area contributed by atoms with Gasteiger partial charge in [-0.05, 0) is 37.3 Å². The van der Waals surface area contributed by atoms with E-state index in [9.17, 15) is 0 Å². The predicted octanol–water partition coefficient (Wildman–Crippen LogP) is 3.49. The van der Waals surface area contributed by atoms with Crippen LogP contribution in [0.4, 0.5) is 0 Å². The molecule has 1 saturated carbocycles. The first-order valence-corrected chi connectivity index (χ1v) is 7.85. The lowest BCUT2D eigenvalue weighted by Gasteiger charge is -2.26. The zero-order chi connectivity index (χ0) is 13.9. The highest BCUT2D eigenvalue weighted by atomic mass is 15.3. The number of para-hydroxylation sites is 1. The van der Waals surface area contributed by atoms with Crippen LogP contribution in [0.25, 0.3) is 10.9 Å². The summed E-state index contributed by atoms with van der Waals surface area (Å²) in [7, 11) is 2.02. The fourth-order valence-corrected chi connectivity index (χ4v) is 3.35. The van der Waals surface area contributed by atoms with E-state index < -0.39 is 0 Å². The van der Waals surface area contributed by atoms with Crippen molar-refractivity contribution < 1.29 is 0 Å². The van der Waals surface area contributed by atoms with Crippen molar-refractivity contribution >= 4 is 10.9 Å². The molecule has 20 heavy (non-hydrogen) atoms. The van der Waals surface area contributed by atoms with Gasteiger partial charge in [-0.2, -0.15) is 5.10 Å². The van der Waals surface area contributed by atoms with Crippen molar-refractivity contribution in [2.45, 2.75) is 39.2 Å². The van der Waals surface area contributed by atoms with Gasteiger partial charge in [-0.15, -0.1) is 0 Å². The third-order valence-corrected chi connectivity index (χ3v) is 4.70. The van der Waals surface area contributed by atoms with Crippen molar-refractivity contribution in [3.05, 3.63) is 30.0 Å². The lowest BCUT2D eigenvalue weighted by molar-refractivity contribution is 0.281. The molecule has 1 aromatic carbocycles. The third-order valence-electron chi connectivity index (χ3n) is 4.70. The highest BCUT2D eigenvalue weighted by molar-refractivity contribution is 5.81. The Balaban J connectivity index is 1.57. The van der Waals surface area contributed by atoms with Crippen LogP contribution in [-0.4, -0.2) is 16.3 Å². The Morgan fingerprint density at radius 2 is 1.95 bits per heavy atom. The second-order valence-corrected chi connectivity index (χ2v) is 6.34. The molecule has 3 heteroatoms. The third kappa shape index (κ3) is 2.88. The molecule has 2 aromatic rings. The molecule has 1 aliphatic carbocycles. The van der Waals surface area contributed by atoms with Crippen molar-refractivity contribution in [3.8, 4) is 0 Å². The Hall–Kier alpha value is -1.35. The molecule has 0 unspecified atom stereocenters. The zero-order valence-corrected chi connectivity index (χ0v) is 12.6. The lowest BCUT2D eigenvalue weighted by atomic mass is 9.83. The van der Waals surface area contributed by atoms with Crippen molar-refractivity contribution in [1.29, 1.82) is 0 Å². The van der Waals surface area contributed by atoms with E-state index >= 15 is 0 Å². The van der Waals surface area contributed by atoms with E-state index in [1.54, 1.807) is 0 Å².